The Bertz CT molecular complexity index is 786. The van der Waals surface area contributed by atoms with Gasteiger partial charge in [-0.3, -0.25) is 9.69 Å². The number of likely N-dealkylation sites (N-methyl/N-ethyl adjacent to an activating group) is 1. The maximum absolute atomic E-state index is 13.7. The summed E-state index contributed by atoms with van der Waals surface area (Å²) < 4.78 is 0. The molecule has 0 aliphatic carbocycles. The van der Waals surface area contributed by atoms with Crippen molar-refractivity contribution in [2.45, 2.75) is 279 Å². The molecule has 0 unspecified atom stereocenters. The van der Waals surface area contributed by atoms with E-state index in [1.807, 2.05) is 0 Å². The molecular weight excluding hydrogens is 733 g/mol. The molecule has 0 aromatic heterocycles. The smallest absolute Gasteiger partial charge is 0.236 e. The van der Waals surface area contributed by atoms with Crippen molar-refractivity contribution < 1.29 is 4.79 Å². The number of unbranched alkanes of at least 4 members (excludes halogenated alkanes) is 32. The molecule has 60 heavy (non-hydrogen) atoms. The van der Waals surface area contributed by atoms with Crippen LogP contribution < -0.4 is 0 Å². The summed E-state index contributed by atoms with van der Waals surface area (Å²) in [5.74, 6) is 0.336. The molecule has 0 aromatic rings. The third-order valence-electron chi connectivity index (χ3n) is 13.4. The van der Waals surface area contributed by atoms with Gasteiger partial charge >= 0.3 is 0 Å². The average Bonchev–Trinajstić information content (AvgIpc) is 3.25. The molecule has 0 atom stereocenters. The third-order valence-corrected chi connectivity index (χ3v) is 13.4. The van der Waals surface area contributed by atoms with E-state index >= 15 is 0 Å². The van der Waals surface area contributed by atoms with Gasteiger partial charge in [0.05, 0.1) is 6.54 Å². The quantitative estimate of drug-likeness (QED) is 0.0571. The number of amides is 1. The van der Waals surface area contributed by atoms with Crippen LogP contribution in [-0.4, -0.2) is 98.0 Å². The van der Waals surface area contributed by atoms with Gasteiger partial charge < -0.3 is 14.7 Å². The summed E-state index contributed by atoms with van der Waals surface area (Å²) in [6.45, 7) is 22.6. The Morgan fingerprint density at radius 3 is 0.750 bits per heavy atom. The normalized spacial score (nSPS) is 11.9. The van der Waals surface area contributed by atoms with Gasteiger partial charge in [-0.2, -0.15) is 0 Å². The van der Waals surface area contributed by atoms with Crippen molar-refractivity contribution >= 4 is 5.91 Å². The van der Waals surface area contributed by atoms with Crippen LogP contribution in [0.2, 0.25) is 0 Å². The minimum atomic E-state index is 0.336. The highest BCUT2D eigenvalue weighted by Crippen LogP contribution is 2.14. The largest absolute Gasteiger partial charge is 0.345 e. The lowest BCUT2D eigenvalue weighted by atomic mass is 10.1. The van der Waals surface area contributed by atoms with Gasteiger partial charge in [-0.1, -0.05) is 234 Å². The van der Waals surface area contributed by atoms with Crippen molar-refractivity contribution in [2.24, 2.45) is 0 Å². The Morgan fingerprint density at radius 1 is 0.250 bits per heavy atom. The van der Waals surface area contributed by atoms with E-state index in [0.29, 0.717) is 12.5 Å². The van der Waals surface area contributed by atoms with Crippen LogP contribution >= 0.6 is 0 Å². The first kappa shape index (κ1) is 59.4. The van der Waals surface area contributed by atoms with E-state index in [9.17, 15) is 4.79 Å². The molecule has 0 fully saturated rings. The highest BCUT2D eigenvalue weighted by Gasteiger charge is 2.16. The number of carbonyl (C=O) groups is 1. The Kier molecular flexibility index (Phi) is 48.8. The minimum Gasteiger partial charge on any atom is -0.345 e. The van der Waals surface area contributed by atoms with Crippen LogP contribution in [0.5, 0.6) is 0 Å². The second kappa shape index (κ2) is 49.4. The summed E-state index contributed by atoms with van der Waals surface area (Å²) in [6.07, 6.45) is 51.8. The molecule has 5 nitrogen and oxygen atoms in total. The van der Waals surface area contributed by atoms with E-state index in [4.69, 9.17) is 0 Å². The summed E-state index contributed by atoms with van der Waals surface area (Å²) in [6, 6.07) is 0. The lowest BCUT2D eigenvalue weighted by Gasteiger charge is -2.29. The lowest BCUT2D eigenvalue weighted by molar-refractivity contribution is -0.131. The predicted molar refractivity (Wildman–Crippen MR) is 271 cm³/mol. The van der Waals surface area contributed by atoms with Crippen molar-refractivity contribution in [2.75, 3.05) is 72.5 Å². The fourth-order valence-corrected chi connectivity index (χ4v) is 8.98. The zero-order chi connectivity index (χ0) is 43.8. The molecule has 0 rings (SSSR count). The van der Waals surface area contributed by atoms with Crippen LogP contribution in [0.3, 0.4) is 0 Å². The van der Waals surface area contributed by atoms with E-state index in [2.05, 4.69) is 61.3 Å². The molecule has 360 valence electrons. The zero-order valence-electron chi connectivity index (χ0n) is 42.6. The molecule has 0 spiro atoms. The number of nitrogens with zero attached hydrogens (tertiary/aromatic N) is 4. The molecule has 5 heteroatoms. The number of hydrogen-bond acceptors (Lipinski definition) is 4. The molecule has 0 bridgehead atoms. The first-order valence-electron chi connectivity index (χ1n) is 27.9. The molecule has 0 aliphatic heterocycles. The first-order chi connectivity index (χ1) is 29.5. The SMILES string of the molecule is CCCCCCCCCN(CCCCCCCCC)CCCCCN(C)C(=O)CN(CCCCCCCCC)CCN(CCCCCCCCC)CCCCCCCCC. The van der Waals surface area contributed by atoms with Crippen LogP contribution in [0.15, 0.2) is 0 Å². The summed E-state index contributed by atoms with van der Waals surface area (Å²) >= 11 is 0. The van der Waals surface area contributed by atoms with Crippen LogP contribution in [0.1, 0.15) is 279 Å². The van der Waals surface area contributed by atoms with Crippen molar-refractivity contribution in [3.63, 3.8) is 0 Å². The van der Waals surface area contributed by atoms with E-state index in [1.54, 1.807) is 0 Å². The lowest BCUT2D eigenvalue weighted by Crippen LogP contribution is -2.43. The van der Waals surface area contributed by atoms with Crippen molar-refractivity contribution in [1.29, 1.82) is 0 Å². The Labute approximate surface area is 380 Å². The second-order valence-electron chi connectivity index (χ2n) is 19.4. The first-order valence-corrected chi connectivity index (χ1v) is 27.9. The number of hydrogen-bond donors (Lipinski definition) is 0. The maximum Gasteiger partial charge on any atom is 0.236 e. The van der Waals surface area contributed by atoms with Crippen LogP contribution in [0.25, 0.3) is 0 Å². The van der Waals surface area contributed by atoms with Gasteiger partial charge in [0.1, 0.15) is 0 Å². The van der Waals surface area contributed by atoms with Crippen molar-refractivity contribution in [3.8, 4) is 0 Å². The highest BCUT2D eigenvalue weighted by atomic mass is 16.2. The Hall–Kier alpha value is -0.650. The summed E-state index contributed by atoms with van der Waals surface area (Å²) in [5, 5.41) is 0. The summed E-state index contributed by atoms with van der Waals surface area (Å²) in [4.78, 5) is 23.9. The fraction of sp³-hybridized carbons (Fsp3) is 0.982. The Morgan fingerprint density at radius 2 is 0.450 bits per heavy atom. The summed E-state index contributed by atoms with van der Waals surface area (Å²) in [7, 11) is 2.08. The molecular formula is C55H114N4O. The average molecular weight is 848 g/mol. The van der Waals surface area contributed by atoms with Crippen LogP contribution in [0, 0.1) is 0 Å². The minimum absolute atomic E-state index is 0.336. The van der Waals surface area contributed by atoms with E-state index in [1.165, 1.54) is 270 Å². The van der Waals surface area contributed by atoms with Crippen LogP contribution in [-0.2, 0) is 4.79 Å². The van der Waals surface area contributed by atoms with E-state index in [-0.39, 0.29) is 0 Å². The number of rotatable bonds is 51. The summed E-state index contributed by atoms with van der Waals surface area (Å²) in [5.41, 5.74) is 0. The Balaban J connectivity index is 5.06. The van der Waals surface area contributed by atoms with Gasteiger partial charge in [-0.15, -0.1) is 0 Å². The fourth-order valence-electron chi connectivity index (χ4n) is 8.98. The molecule has 1 amide bonds. The molecule has 0 saturated heterocycles. The van der Waals surface area contributed by atoms with E-state index in [0.717, 1.165) is 32.6 Å². The van der Waals surface area contributed by atoms with Gasteiger partial charge in [0.2, 0.25) is 5.91 Å². The monoisotopic (exact) mass is 847 g/mol. The standard InChI is InChI=1S/C55H114N4O/c1-7-12-17-22-27-32-39-46-57(47-40-33-28-23-18-13-8-2)48-44-37-38-45-56(6)55(60)54-59(51-43-36-31-26-21-16-11-5)53-52-58(49-41-34-29-24-19-14-9-3)50-42-35-30-25-20-15-10-4/h7-54H2,1-6H3. The molecule has 0 heterocycles. The highest BCUT2D eigenvalue weighted by molar-refractivity contribution is 5.77. The third kappa shape index (κ3) is 42.6. The van der Waals surface area contributed by atoms with Crippen molar-refractivity contribution in [1.82, 2.24) is 19.6 Å². The second-order valence-corrected chi connectivity index (χ2v) is 19.4. The van der Waals surface area contributed by atoms with Gasteiger partial charge in [-0.25, -0.2) is 0 Å². The molecule has 0 aliphatic rings. The van der Waals surface area contributed by atoms with Crippen molar-refractivity contribution in [3.05, 3.63) is 0 Å². The molecule has 0 radical (unpaired) electrons. The predicted octanol–water partition coefficient (Wildman–Crippen LogP) is 16.3. The maximum atomic E-state index is 13.7. The zero-order valence-corrected chi connectivity index (χ0v) is 42.6. The van der Waals surface area contributed by atoms with Gasteiger partial charge in [0, 0.05) is 26.7 Å². The topological polar surface area (TPSA) is 30.0 Å². The van der Waals surface area contributed by atoms with Crippen LogP contribution in [0.4, 0.5) is 0 Å². The molecule has 0 N–H and O–H groups in total. The number of carbonyl (C=O) groups excluding carboxylic acids is 1. The molecule has 0 saturated carbocycles. The molecule has 0 aromatic carbocycles. The van der Waals surface area contributed by atoms with Gasteiger partial charge in [-0.05, 0) is 84.2 Å². The van der Waals surface area contributed by atoms with E-state index < -0.39 is 0 Å². The van der Waals surface area contributed by atoms with Gasteiger partial charge in [0.25, 0.3) is 0 Å². The van der Waals surface area contributed by atoms with Gasteiger partial charge in [0.15, 0.2) is 0 Å².